The summed E-state index contributed by atoms with van der Waals surface area (Å²) in [6, 6.07) is 2.69. The standard InChI is InChI=1S/C30H46N4O6/c1-10-19(4)25-28(37)32-22(15-18(2)3)26(35)31-14-13-20-11-12-24(39-9)21(16-20)17-23(27(36)33-25)34(8)29(38)40-30(5,6)7/h11-14,16,18-19,22-23,25H,10,15,17H2,1-9H3,(H,31,35)(H,32,37)(H,33,36)/b14-13-/t19-,22-,23-,25-/m0/s1. The fourth-order valence-corrected chi connectivity index (χ4v) is 4.37. The Morgan fingerprint density at radius 3 is 2.33 bits per heavy atom. The van der Waals surface area contributed by atoms with Crippen molar-refractivity contribution >= 4 is 29.9 Å². The average Bonchev–Trinajstić information content (AvgIpc) is 2.87. The van der Waals surface area contributed by atoms with Crippen LogP contribution in [0, 0.1) is 11.8 Å². The van der Waals surface area contributed by atoms with Crippen molar-refractivity contribution in [1.82, 2.24) is 20.9 Å². The van der Waals surface area contributed by atoms with Crippen LogP contribution >= 0.6 is 0 Å². The zero-order chi connectivity index (χ0) is 30.2. The average molecular weight is 559 g/mol. The summed E-state index contributed by atoms with van der Waals surface area (Å²) < 4.78 is 11.1. The summed E-state index contributed by atoms with van der Waals surface area (Å²) in [6.07, 6.45) is 3.71. The van der Waals surface area contributed by atoms with Crippen LogP contribution in [-0.4, -0.2) is 66.6 Å². The molecule has 2 rings (SSSR count). The highest BCUT2D eigenvalue weighted by Gasteiger charge is 2.36. The molecule has 1 aromatic rings. The van der Waals surface area contributed by atoms with E-state index in [0.717, 1.165) is 5.56 Å². The number of likely N-dealkylation sites (N-methyl/N-ethyl adjacent to an activating group) is 1. The van der Waals surface area contributed by atoms with Gasteiger partial charge >= 0.3 is 6.09 Å². The van der Waals surface area contributed by atoms with Gasteiger partial charge < -0.3 is 25.4 Å². The Hall–Kier alpha value is -3.56. The largest absolute Gasteiger partial charge is 0.496 e. The lowest BCUT2D eigenvalue weighted by atomic mass is 9.95. The molecule has 0 spiro atoms. The third-order valence-electron chi connectivity index (χ3n) is 6.80. The minimum Gasteiger partial charge on any atom is -0.496 e. The van der Waals surface area contributed by atoms with Gasteiger partial charge in [0, 0.05) is 19.7 Å². The minimum atomic E-state index is -1.02. The molecule has 1 aliphatic heterocycles. The molecule has 0 aliphatic carbocycles. The zero-order valence-corrected chi connectivity index (χ0v) is 25.3. The Labute approximate surface area is 238 Å². The maximum Gasteiger partial charge on any atom is 0.410 e. The van der Waals surface area contributed by atoms with Crippen LogP contribution in [0.3, 0.4) is 0 Å². The second-order valence-electron chi connectivity index (χ2n) is 11.8. The molecule has 3 N–H and O–H groups in total. The third kappa shape index (κ3) is 9.27. The van der Waals surface area contributed by atoms with Crippen LogP contribution in [0.1, 0.15) is 72.4 Å². The Bertz CT molecular complexity index is 1090. The lowest BCUT2D eigenvalue weighted by Gasteiger charge is -2.32. The molecule has 0 fully saturated rings. The number of fused-ring (bicyclic) bond motifs is 2. The van der Waals surface area contributed by atoms with Gasteiger partial charge in [0.05, 0.1) is 7.11 Å². The molecule has 40 heavy (non-hydrogen) atoms. The van der Waals surface area contributed by atoms with E-state index >= 15 is 0 Å². The molecule has 1 aliphatic rings. The highest BCUT2D eigenvalue weighted by Crippen LogP contribution is 2.25. The van der Waals surface area contributed by atoms with Crippen molar-refractivity contribution in [1.29, 1.82) is 0 Å². The number of nitrogens with one attached hydrogen (secondary N) is 3. The summed E-state index contributed by atoms with van der Waals surface area (Å²) in [7, 11) is 3.03. The molecule has 0 radical (unpaired) electrons. The Morgan fingerprint density at radius 2 is 1.75 bits per heavy atom. The van der Waals surface area contributed by atoms with Gasteiger partial charge in [-0.1, -0.05) is 40.2 Å². The van der Waals surface area contributed by atoms with E-state index in [1.54, 1.807) is 32.9 Å². The molecule has 10 heteroatoms. The van der Waals surface area contributed by atoms with E-state index in [4.69, 9.17) is 9.47 Å². The number of nitrogens with zero attached hydrogens (tertiary/aromatic N) is 1. The molecule has 0 saturated heterocycles. The lowest BCUT2D eigenvalue weighted by Crippen LogP contribution is -2.59. The fourth-order valence-electron chi connectivity index (χ4n) is 4.37. The van der Waals surface area contributed by atoms with Crippen molar-refractivity contribution in [2.45, 2.75) is 91.5 Å². The highest BCUT2D eigenvalue weighted by atomic mass is 16.6. The molecule has 10 nitrogen and oxygen atoms in total. The molecule has 222 valence electrons. The number of methoxy groups -OCH3 is 1. The maximum absolute atomic E-state index is 13.9. The third-order valence-corrected chi connectivity index (χ3v) is 6.80. The van der Waals surface area contributed by atoms with E-state index in [1.165, 1.54) is 25.3 Å². The molecule has 4 atom stereocenters. The summed E-state index contributed by atoms with van der Waals surface area (Å²) in [5.41, 5.74) is 0.657. The molecule has 0 saturated carbocycles. The second kappa shape index (κ2) is 14.2. The van der Waals surface area contributed by atoms with E-state index in [1.807, 2.05) is 39.8 Å². The van der Waals surface area contributed by atoms with Crippen LogP contribution in [-0.2, 0) is 25.5 Å². The normalized spacial score (nSPS) is 22.1. The monoisotopic (exact) mass is 558 g/mol. The molecular weight excluding hydrogens is 512 g/mol. The first-order valence-corrected chi connectivity index (χ1v) is 13.9. The molecular formula is C30H46N4O6. The Morgan fingerprint density at radius 1 is 1.07 bits per heavy atom. The van der Waals surface area contributed by atoms with Gasteiger partial charge in [0.2, 0.25) is 17.7 Å². The van der Waals surface area contributed by atoms with Crippen molar-refractivity contribution < 1.29 is 28.7 Å². The number of hydrogen-bond acceptors (Lipinski definition) is 6. The predicted molar refractivity (Wildman–Crippen MR) is 154 cm³/mol. The van der Waals surface area contributed by atoms with E-state index in [2.05, 4.69) is 16.0 Å². The number of amides is 4. The second-order valence-corrected chi connectivity index (χ2v) is 11.8. The van der Waals surface area contributed by atoms with Crippen LogP contribution in [0.4, 0.5) is 4.79 Å². The minimum absolute atomic E-state index is 0.101. The van der Waals surface area contributed by atoms with E-state index in [-0.39, 0.29) is 24.2 Å². The van der Waals surface area contributed by atoms with Gasteiger partial charge in [-0.25, -0.2) is 4.79 Å². The molecule has 0 aromatic heterocycles. The van der Waals surface area contributed by atoms with Crippen LogP contribution in [0.5, 0.6) is 5.75 Å². The van der Waals surface area contributed by atoms with E-state index < -0.39 is 41.6 Å². The zero-order valence-electron chi connectivity index (χ0n) is 25.3. The summed E-state index contributed by atoms with van der Waals surface area (Å²) >= 11 is 0. The van der Waals surface area contributed by atoms with Gasteiger partial charge in [-0.3, -0.25) is 19.3 Å². The van der Waals surface area contributed by atoms with Gasteiger partial charge in [-0.2, -0.15) is 0 Å². The molecule has 2 bridgehead atoms. The highest BCUT2D eigenvalue weighted by molar-refractivity contribution is 5.94. The topological polar surface area (TPSA) is 126 Å². The van der Waals surface area contributed by atoms with Crippen molar-refractivity contribution in [3.05, 3.63) is 35.5 Å². The van der Waals surface area contributed by atoms with Gasteiger partial charge in [0.15, 0.2) is 0 Å². The predicted octanol–water partition coefficient (Wildman–Crippen LogP) is 3.64. The summed E-state index contributed by atoms with van der Waals surface area (Å²) in [5, 5.41) is 8.51. The number of rotatable bonds is 6. The number of benzene rings is 1. The number of ether oxygens (including phenoxy) is 2. The smallest absolute Gasteiger partial charge is 0.410 e. The molecule has 0 unspecified atom stereocenters. The van der Waals surface area contributed by atoms with Crippen molar-refractivity contribution in [3.63, 3.8) is 0 Å². The van der Waals surface area contributed by atoms with Gasteiger partial charge in [0.1, 0.15) is 29.5 Å². The van der Waals surface area contributed by atoms with E-state index in [9.17, 15) is 19.2 Å². The summed E-state index contributed by atoms with van der Waals surface area (Å²) in [5.74, 6) is -0.897. The van der Waals surface area contributed by atoms with Crippen LogP contribution < -0.4 is 20.7 Å². The number of hydrogen-bond donors (Lipinski definition) is 3. The SMILES string of the molecule is CC[C@H](C)[C@@H]1NC(=O)[C@@H](N(C)C(=O)OC(C)(C)C)Cc2cc(ccc2OC)/C=C\NC(=O)[C@H](CC(C)C)NC1=O. The van der Waals surface area contributed by atoms with Crippen LogP contribution in [0.15, 0.2) is 24.4 Å². The summed E-state index contributed by atoms with van der Waals surface area (Å²) in [6.45, 7) is 13.0. The van der Waals surface area contributed by atoms with Gasteiger partial charge in [-0.05, 0) is 68.4 Å². The van der Waals surface area contributed by atoms with Crippen molar-refractivity contribution in [2.75, 3.05) is 14.2 Å². The lowest BCUT2D eigenvalue weighted by molar-refractivity contribution is -0.134. The maximum atomic E-state index is 13.9. The van der Waals surface area contributed by atoms with Crippen molar-refractivity contribution in [2.24, 2.45) is 11.8 Å². The molecule has 1 aromatic carbocycles. The van der Waals surface area contributed by atoms with Crippen molar-refractivity contribution in [3.8, 4) is 5.75 Å². The summed E-state index contributed by atoms with van der Waals surface area (Å²) in [4.78, 5) is 54.8. The van der Waals surface area contributed by atoms with Crippen LogP contribution in [0.2, 0.25) is 0 Å². The van der Waals surface area contributed by atoms with Gasteiger partial charge in [-0.15, -0.1) is 0 Å². The molecule has 1 heterocycles. The Kier molecular flexibility index (Phi) is 11.6. The first-order chi connectivity index (χ1) is 18.7. The van der Waals surface area contributed by atoms with Crippen LogP contribution in [0.25, 0.3) is 6.08 Å². The Balaban J connectivity index is 2.63. The van der Waals surface area contributed by atoms with Gasteiger partial charge in [0.25, 0.3) is 0 Å². The number of carbonyl (C=O) groups excluding carboxylic acids is 4. The first-order valence-electron chi connectivity index (χ1n) is 13.9. The quantitative estimate of drug-likeness (QED) is 0.490. The van der Waals surface area contributed by atoms with E-state index in [0.29, 0.717) is 24.2 Å². The fraction of sp³-hybridized carbons (Fsp3) is 0.600. The molecule has 4 amide bonds. The first kappa shape index (κ1) is 32.7. The number of carbonyl (C=O) groups is 4.